The van der Waals surface area contributed by atoms with Crippen LogP contribution in [0.25, 0.3) is 0 Å². The lowest BCUT2D eigenvalue weighted by Crippen LogP contribution is -2.40. The Morgan fingerprint density at radius 3 is 2.61 bits per heavy atom. The van der Waals surface area contributed by atoms with Crippen molar-refractivity contribution in [3.05, 3.63) is 18.2 Å². The number of nitrogens with one attached hydrogen (secondary N) is 2. The number of aromatic nitrogens is 2. The standard InChI is InChI=1S/C16H26N4O3/c1-15(2,3)13-17-8-12(9-18-13)20-14(22)19-10-16(4-6-21)5-7-23-11-16/h8-9,21H,4-7,10-11H2,1-3H3,(H2,19,20,22). The molecular weight excluding hydrogens is 296 g/mol. The van der Waals surface area contributed by atoms with Crippen LogP contribution in [0.5, 0.6) is 0 Å². The maximum Gasteiger partial charge on any atom is 0.319 e. The molecule has 0 radical (unpaired) electrons. The molecule has 1 saturated heterocycles. The van der Waals surface area contributed by atoms with E-state index in [4.69, 9.17) is 4.74 Å². The average Bonchev–Trinajstić information content (AvgIpc) is 2.94. The third kappa shape index (κ3) is 4.87. The zero-order valence-electron chi connectivity index (χ0n) is 14.1. The third-order valence-electron chi connectivity index (χ3n) is 4.03. The largest absolute Gasteiger partial charge is 0.396 e. The molecule has 2 amide bonds. The molecule has 2 rings (SSSR count). The lowest BCUT2D eigenvalue weighted by molar-refractivity contribution is 0.126. The summed E-state index contributed by atoms with van der Waals surface area (Å²) in [5.41, 5.74) is 0.257. The van der Waals surface area contributed by atoms with Gasteiger partial charge in [0.25, 0.3) is 0 Å². The highest BCUT2D eigenvalue weighted by atomic mass is 16.5. The first-order chi connectivity index (χ1) is 10.8. The van der Waals surface area contributed by atoms with Crippen molar-refractivity contribution in [2.75, 3.05) is 31.7 Å². The van der Waals surface area contributed by atoms with Crippen LogP contribution in [0, 0.1) is 5.41 Å². The number of rotatable bonds is 5. The molecule has 7 heteroatoms. The van der Waals surface area contributed by atoms with E-state index >= 15 is 0 Å². The molecule has 1 aromatic heterocycles. The van der Waals surface area contributed by atoms with Crippen LogP contribution in [0.1, 0.15) is 39.4 Å². The summed E-state index contributed by atoms with van der Waals surface area (Å²) >= 11 is 0. The summed E-state index contributed by atoms with van der Waals surface area (Å²) in [5, 5.41) is 14.8. The first kappa shape index (κ1) is 17.6. The highest BCUT2D eigenvalue weighted by Gasteiger charge is 2.34. The van der Waals surface area contributed by atoms with Crippen molar-refractivity contribution in [2.45, 2.75) is 39.0 Å². The van der Waals surface area contributed by atoms with Gasteiger partial charge < -0.3 is 20.5 Å². The van der Waals surface area contributed by atoms with Crippen LogP contribution in [-0.2, 0) is 10.2 Å². The molecule has 0 bridgehead atoms. The Morgan fingerprint density at radius 2 is 2.09 bits per heavy atom. The molecule has 3 N–H and O–H groups in total. The molecule has 1 aliphatic rings. The Kier molecular flexibility index (Phi) is 5.54. The van der Waals surface area contributed by atoms with E-state index in [0.29, 0.717) is 31.9 Å². The molecule has 0 spiro atoms. The fraction of sp³-hybridized carbons (Fsp3) is 0.688. The van der Waals surface area contributed by atoms with Crippen molar-refractivity contribution < 1.29 is 14.6 Å². The normalized spacial score (nSPS) is 21.2. The summed E-state index contributed by atoms with van der Waals surface area (Å²) in [6, 6.07) is -0.304. The van der Waals surface area contributed by atoms with Gasteiger partial charge in [0.05, 0.1) is 24.7 Å². The Morgan fingerprint density at radius 1 is 1.39 bits per heavy atom. The summed E-state index contributed by atoms with van der Waals surface area (Å²) in [6.07, 6.45) is 4.68. The number of aliphatic hydroxyl groups is 1. The molecule has 1 aromatic rings. The van der Waals surface area contributed by atoms with Crippen molar-refractivity contribution in [1.82, 2.24) is 15.3 Å². The van der Waals surface area contributed by atoms with Gasteiger partial charge in [-0.1, -0.05) is 20.8 Å². The monoisotopic (exact) mass is 322 g/mol. The molecule has 1 unspecified atom stereocenters. The molecule has 23 heavy (non-hydrogen) atoms. The van der Waals surface area contributed by atoms with Crippen molar-refractivity contribution in [3.63, 3.8) is 0 Å². The van der Waals surface area contributed by atoms with Crippen LogP contribution in [0.2, 0.25) is 0 Å². The maximum atomic E-state index is 12.0. The summed E-state index contributed by atoms with van der Waals surface area (Å²) in [7, 11) is 0. The topological polar surface area (TPSA) is 96.4 Å². The zero-order valence-corrected chi connectivity index (χ0v) is 14.1. The van der Waals surface area contributed by atoms with Crippen LogP contribution in [0.15, 0.2) is 12.4 Å². The molecule has 1 fully saturated rings. The highest BCUT2D eigenvalue weighted by molar-refractivity contribution is 5.88. The maximum absolute atomic E-state index is 12.0. The van der Waals surface area contributed by atoms with E-state index in [-0.39, 0.29) is 23.5 Å². The van der Waals surface area contributed by atoms with Gasteiger partial charge in [-0.05, 0) is 12.8 Å². The fourth-order valence-electron chi connectivity index (χ4n) is 2.53. The molecule has 0 aliphatic carbocycles. The number of anilines is 1. The van der Waals surface area contributed by atoms with E-state index in [9.17, 15) is 9.90 Å². The van der Waals surface area contributed by atoms with Gasteiger partial charge in [-0.15, -0.1) is 0 Å². The van der Waals surface area contributed by atoms with Crippen LogP contribution in [0.4, 0.5) is 10.5 Å². The van der Waals surface area contributed by atoms with E-state index in [2.05, 4.69) is 20.6 Å². The summed E-state index contributed by atoms with van der Waals surface area (Å²) in [5.74, 6) is 0.730. The lowest BCUT2D eigenvalue weighted by Gasteiger charge is -2.26. The number of hydrogen-bond acceptors (Lipinski definition) is 5. The van der Waals surface area contributed by atoms with Crippen LogP contribution in [-0.4, -0.2) is 47.5 Å². The number of hydrogen-bond donors (Lipinski definition) is 3. The Balaban J connectivity index is 1.87. The SMILES string of the molecule is CC(C)(C)c1ncc(NC(=O)NCC2(CCO)CCOC2)cn1. The van der Waals surface area contributed by atoms with Gasteiger partial charge in [0, 0.05) is 30.6 Å². The summed E-state index contributed by atoms with van der Waals surface area (Å²) in [6.45, 7) is 7.91. The van der Waals surface area contributed by atoms with Gasteiger partial charge in [0.2, 0.25) is 0 Å². The molecule has 7 nitrogen and oxygen atoms in total. The average molecular weight is 322 g/mol. The molecule has 0 aromatic carbocycles. The van der Waals surface area contributed by atoms with E-state index < -0.39 is 0 Å². The minimum absolute atomic E-state index is 0.0920. The zero-order chi connectivity index (χ0) is 16.9. The van der Waals surface area contributed by atoms with Crippen molar-refractivity contribution in [3.8, 4) is 0 Å². The predicted octanol–water partition coefficient (Wildman–Crippen LogP) is 1.68. The first-order valence-electron chi connectivity index (χ1n) is 7.91. The van der Waals surface area contributed by atoms with E-state index in [0.717, 1.165) is 12.2 Å². The van der Waals surface area contributed by atoms with E-state index in [1.54, 1.807) is 12.4 Å². The molecule has 2 heterocycles. The third-order valence-corrected chi connectivity index (χ3v) is 4.03. The Bertz CT molecular complexity index is 519. The molecule has 1 aliphatic heterocycles. The molecule has 128 valence electrons. The van der Waals surface area contributed by atoms with E-state index in [1.165, 1.54) is 0 Å². The number of urea groups is 1. The number of ether oxygens (including phenoxy) is 1. The number of amides is 2. The Labute approximate surface area is 136 Å². The second-order valence-electron chi connectivity index (χ2n) is 7.13. The summed E-state index contributed by atoms with van der Waals surface area (Å²) in [4.78, 5) is 20.6. The van der Waals surface area contributed by atoms with Gasteiger partial charge in [-0.25, -0.2) is 14.8 Å². The number of carbonyl (C=O) groups excluding carboxylic acids is 1. The van der Waals surface area contributed by atoms with Crippen molar-refractivity contribution in [1.29, 1.82) is 0 Å². The molecule has 0 saturated carbocycles. The quantitative estimate of drug-likeness (QED) is 0.766. The minimum Gasteiger partial charge on any atom is -0.396 e. The van der Waals surface area contributed by atoms with Gasteiger partial charge in [0.15, 0.2) is 0 Å². The predicted molar refractivity (Wildman–Crippen MR) is 87.3 cm³/mol. The fourth-order valence-corrected chi connectivity index (χ4v) is 2.53. The number of nitrogens with zero attached hydrogens (tertiary/aromatic N) is 2. The smallest absolute Gasteiger partial charge is 0.319 e. The van der Waals surface area contributed by atoms with Gasteiger partial charge >= 0.3 is 6.03 Å². The number of aliphatic hydroxyl groups excluding tert-OH is 1. The van der Waals surface area contributed by atoms with Crippen molar-refractivity contribution in [2.24, 2.45) is 5.41 Å². The second kappa shape index (κ2) is 7.23. The first-order valence-corrected chi connectivity index (χ1v) is 7.91. The minimum atomic E-state index is -0.304. The van der Waals surface area contributed by atoms with Crippen LogP contribution in [0.3, 0.4) is 0 Å². The van der Waals surface area contributed by atoms with E-state index in [1.807, 2.05) is 20.8 Å². The van der Waals surface area contributed by atoms with Crippen LogP contribution >= 0.6 is 0 Å². The van der Waals surface area contributed by atoms with Gasteiger partial charge in [-0.2, -0.15) is 0 Å². The van der Waals surface area contributed by atoms with Gasteiger partial charge in [0.1, 0.15) is 5.82 Å². The highest BCUT2D eigenvalue weighted by Crippen LogP contribution is 2.31. The summed E-state index contributed by atoms with van der Waals surface area (Å²) < 4.78 is 5.41. The number of carbonyl (C=O) groups is 1. The molecular formula is C16H26N4O3. The van der Waals surface area contributed by atoms with Crippen LogP contribution < -0.4 is 10.6 Å². The van der Waals surface area contributed by atoms with Gasteiger partial charge in [-0.3, -0.25) is 0 Å². The van der Waals surface area contributed by atoms with Crippen molar-refractivity contribution >= 4 is 11.7 Å². The lowest BCUT2D eigenvalue weighted by atomic mass is 9.84. The Hall–Kier alpha value is -1.73. The second-order valence-corrected chi connectivity index (χ2v) is 7.13. The molecule has 1 atom stereocenters.